The summed E-state index contributed by atoms with van der Waals surface area (Å²) in [5.74, 6) is -1.20. The molecule has 1 aromatic carbocycles. The number of carboxylic acid groups (broad SMARTS) is 1. The summed E-state index contributed by atoms with van der Waals surface area (Å²) >= 11 is 1.02. The Balaban J connectivity index is 2.35. The maximum absolute atomic E-state index is 12.4. The summed E-state index contributed by atoms with van der Waals surface area (Å²) in [6, 6.07) is 8.05. The third-order valence-electron chi connectivity index (χ3n) is 3.04. The highest BCUT2D eigenvalue weighted by Gasteiger charge is 2.31. The third kappa shape index (κ3) is 3.12. The molecule has 8 heteroatoms. The summed E-state index contributed by atoms with van der Waals surface area (Å²) in [6.07, 6.45) is 1.26. The molecule has 1 aromatic heterocycles. The molecule has 1 unspecified atom stereocenters. The molecule has 2 aromatic rings. The van der Waals surface area contributed by atoms with Crippen LogP contribution >= 0.6 is 11.3 Å². The van der Waals surface area contributed by atoms with Gasteiger partial charge in [0.1, 0.15) is 11.0 Å². The second-order valence-corrected chi connectivity index (χ2v) is 7.64. The van der Waals surface area contributed by atoms with Gasteiger partial charge in [0, 0.05) is 12.6 Å². The quantitative estimate of drug-likeness (QED) is 0.907. The summed E-state index contributed by atoms with van der Waals surface area (Å²) in [6.45, 7) is 1.32. The highest BCUT2D eigenvalue weighted by atomic mass is 32.2. The SMILES string of the molecule is CC(C(=O)O)N(C)S(=O)(=O)c1cnc(-c2ccccc2)s1. The van der Waals surface area contributed by atoms with Crippen LogP contribution in [-0.2, 0) is 14.8 Å². The van der Waals surface area contributed by atoms with Crippen molar-refractivity contribution in [1.82, 2.24) is 9.29 Å². The molecular formula is C13H14N2O4S2. The molecule has 2 rings (SSSR count). The lowest BCUT2D eigenvalue weighted by atomic mass is 10.2. The molecule has 0 saturated heterocycles. The van der Waals surface area contributed by atoms with Gasteiger partial charge in [0.15, 0.2) is 4.21 Å². The summed E-state index contributed by atoms with van der Waals surface area (Å²) in [5.41, 5.74) is 0.817. The molecule has 0 aliphatic rings. The average Bonchev–Trinajstić information content (AvgIpc) is 2.97. The molecule has 0 aliphatic carbocycles. The molecule has 0 radical (unpaired) electrons. The summed E-state index contributed by atoms with van der Waals surface area (Å²) < 4.78 is 25.6. The molecule has 1 atom stereocenters. The molecule has 0 aliphatic heterocycles. The van der Waals surface area contributed by atoms with Gasteiger partial charge in [-0.05, 0) is 6.92 Å². The van der Waals surface area contributed by atoms with Gasteiger partial charge in [0.25, 0.3) is 10.0 Å². The zero-order chi connectivity index (χ0) is 15.6. The highest BCUT2D eigenvalue weighted by Crippen LogP contribution is 2.29. The molecule has 0 bridgehead atoms. The molecule has 0 spiro atoms. The van der Waals surface area contributed by atoms with Gasteiger partial charge < -0.3 is 5.11 Å². The minimum atomic E-state index is -3.86. The lowest BCUT2D eigenvalue weighted by Crippen LogP contribution is -2.39. The van der Waals surface area contributed by atoms with Crippen molar-refractivity contribution < 1.29 is 18.3 Å². The lowest BCUT2D eigenvalue weighted by Gasteiger charge is -2.19. The number of nitrogens with zero attached hydrogens (tertiary/aromatic N) is 2. The number of thiazole rings is 1. The van der Waals surface area contributed by atoms with Crippen molar-refractivity contribution in [2.24, 2.45) is 0 Å². The molecule has 0 saturated carbocycles. The number of aliphatic carboxylic acids is 1. The molecular weight excluding hydrogens is 312 g/mol. The minimum Gasteiger partial charge on any atom is -0.480 e. The Morgan fingerprint density at radius 2 is 1.95 bits per heavy atom. The van der Waals surface area contributed by atoms with Crippen LogP contribution in [0.3, 0.4) is 0 Å². The maximum Gasteiger partial charge on any atom is 0.321 e. The maximum atomic E-state index is 12.4. The summed E-state index contributed by atoms with van der Waals surface area (Å²) in [7, 11) is -2.62. The first-order valence-electron chi connectivity index (χ1n) is 6.06. The van der Waals surface area contributed by atoms with Crippen LogP contribution in [0.4, 0.5) is 0 Å². The fourth-order valence-corrected chi connectivity index (χ4v) is 4.24. The lowest BCUT2D eigenvalue weighted by molar-refractivity contribution is -0.140. The fourth-order valence-electron chi connectivity index (χ4n) is 1.60. The fraction of sp³-hybridized carbons (Fsp3) is 0.231. The van der Waals surface area contributed by atoms with Crippen molar-refractivity contribution >= 4 is 27.3 Å². The topological polar surface area (TPSA) is 87.6 Å². The monoisotopic (exact) mass is 326 g/mol. The van der Waals surface area contributed by atoms with E-state index in [9.17, 15) is 13.2 Å². The highest BCUT2D eigenvalue weighted by molar-refractivity contribution is 7.91. The molecule has 6 nitrogen and oxygen atoms in total. The number of benzene rings is 1. The van der Waals surface area contributed by atoms with Gasteiger partial charge in [-0.3, -0.25) is 4.79 Å². The van der Waals surface area contributed by atoms with Crippen LogP contribution in [0.15, 0.2) is 40.7 Å². The Bertz CT molecular complexity index is 741. The van der Waals surface area contributed by atoms with Crippen LogP contribution in [0.1, 0.15) is 6.92 Å². The van der Waals surface area contributed by atoms with E-state index in [0.29, 0.717) is 5.01 Å². The minimum absolute atomic E-state index is 0.0250. The van der Waals surface area contributed by atoms with E-state index in [-0.39, 0.29) is 4.21 Å². The summed E-state index contributed by atoms with van der Waals surface area (Å²) in [4.78, 5) is 15.0. The normalized spacial score (nSPS) is 13.3. The van der Waals surface area contributed by atoms with Crippen molar-refractivity contribution in [3.63, 3.8) is 0 Å². The van der Waals surface area contributed by atoms with Gasteiger partial charge in [0.05, 0.1) is 6.20 Å². The second kappa shape index (κ2) is 5.92. The molecule has 0 amide bonds. The molecule has 112 valence electrons. The van der Waals surface area contributed by atoms with Crippen molar-refractivity contribution in [2.75, 3.05) is 7.05 Å². The molecule has 21 heavy (non-hydrogen) atoms. The number of rotatable bonds is 5. The Morgan fingerprint density at radius 3 is 2.52 bits per heavy atom. The van der Waals surface area contributed by atoms with Crippen molar-refractivity contribution in [2.45, 2.75) is 17.2 Å². The van der Waals surface area contributed by atoms with E-state index < -0.39 is 22.0 Å². The second-order valence-electron chi connectivity index (χ2n) is 4.39. The number of hydrogen-bond acceptors (Lipinski definition) is 5. The van der Waals surface area contributed by atoms with Gasteiger partial charge in [-0.15, -0.1) is 11.3 Å². The Labute approximate surface area is 126 Å². The largest absolute Gasteiger partial charge is 0.480 e. The Hall–Kier alpha value is -1.77. The predicted molar refractivity (Wildman–Crippen MR) is 79.6 cm³/mol. The van der Waals surface area contributed by atoms with E-state index in [0.717, 1.165) is 21.2 Å². The van der Waals surface area contributed by atoms with Crippen molar-refractivity contribution in [1.29, 1.82) is 0 Å². The van der Waals surface area contributed by atoms with E-state index in [1.165, 1.54) is 20.2 Å². The first kappa shape index (κ1) is 15.6. The van der Waals surface area contributed by atoms with Crippen LogP contribution in [0.5, 0.6) is 0 Å². The number of aromatic nitrogens is 1. The number of likely N-dealkylation sites (N-methyl/N-ethyl adjacent to an activating group) is 1. The Morgan fingerprint density at radius 1 is 1.33 bits per heavy atom. The molecule has 1 N–H and O–H groups in total. The van der Waals surface area contributed by atoms with Crippen molar-refractivity contribution in [3.8, 4) is 10.6 Å². The summed E-state index contributed by atoms with van der Waals surface area (Å²) in [5, 5.41) is 9.50. The smallest absolute Gasteiger partial charge is 0.321 e. The first-order valence-corrected chi connectivity index (χ1v) is 8.32. The number of carbonyl (C=O) groups is 1. The van der Waals surface area contributed by atoms with Gasteiger partial charge in [-0.1, -0.05) is 30.3 Å². The van der Waals surface area contributed by atoms with Crippen LogP contribution in [0, 0.1) is 0 Å². The van der Waals surface area contributed by atoms with E-state index in [4.69, 9.17) is 5.11 Å². The zero-order valence-corrected chi connectivity index (χ0v) is 13.1. The van der Waals surface area contributed by atoms with Gasteiger partial charge in [-0.25, -0.2) is 13.4 Å². The van der Waals surface area contributed by atoms with Crippen LogP contribution < -0.4 is 0 Å². The number of hydrogen-bond donors (Lipinski definition) is 1. The third-order valence-corrected chi connectivity index (χ3v) is 6.45. The zero-order valence-electron chi connectivity index (χ0n) is 11.4. The van der Waals surface area contributed by atoms with E-state index in [1.54, 1.807) is 0 Å². The van der Waals surface area contributed by atoms with E-state index in [2.05, 4.69) is 4.98 Å². The van der Waals surface area contributed by atoms with E-state index >= 15 is 0 Å². The van der Waals surface area contributed by atoms with Crippen molar-refractivity contribution in [3.05, 3.63) is 36.5 Å². The van der Waals surface area contributed by atoms with Crippen LogP contribution in [-0.4, -0.2) is 41.9 Å². The van der Waals surface area contributed by atoms with Gasteiger partial charge >= 0.3 is 5.97 Å². The number of carboxylic acids is 1. The van der Waals surface area contributed by atoms with Gasteiger partial charge in [-0.2, -0.15) is 4.31 Å². The first-order chi connectivity index (χ1) is 9.84. The standard InChI is InChI=1S/C13H14N2O4S2/c1-9(13(16)17)15(2)21(18,19)11-8-14-12(20-11)10-6-4-3-5-7-10/h3-9H,1-2H3,(H,16,17). The van der Waals surface area contributed by atoms with Gasteiger partial charge in [0.2, 0.25) is 0 Å². The number of sulfonamides is 1. The van der Waals surface area contributed by atoms with E-state index in [1.807, 2.05) is 30.3 Å². The average molecular weight is 326 g/mol. The predicted octanol–water partition coefficient (Wildman–Crippen LogP) is 1.90. The Kier molecular flexibility index (Phi) is 4.40. The molecule has 0 fully saturated rings. The van der Waals surface area contributed by atoms with Crippen LogP contribution in [0.25, 0.3) is 10.6 Å². The van der Waals surface area contributed by atoms with Crippen LogP contribution in [0.2, 0.25) is 0 Å². The molecule has 1 heterocycles.